The van der Waals surface area contributed by atoms with Gasteiger partial charge >= 0.3 is 0 Å². The van der Waals surface area contributed by atoms with Crippen LogP contribution in [0.25, 0.3) is 83.1 Å². The van der Waals surface area contributed by atoms with Gasteiger partial charge in [0.15, 0.2) is 0 Å². The molecule has 9 rings (SSSR count). The second kappa shape index (κ2) is 8.44. The fourth-order valence-electron chi connectivity index (χ4n) is 6.18. The van der Waals surface area contributed by atoms with Gasteiger partial charge in [-0.1, -0.05) is 84.9 Å². The predicted molar refractivity (Wildman–Crippen MR) is 166 cm³/mol. The molecule has 0 fully saturated rings. The molecule has 0 N–H and O–H groups in total. The summed E-state index contributed by atoms with van der Waals surface area (Å²) in [6, 6.07) is 45.9. The number of para-hydroxylation sites is 4. The molecule has 0 saturated heterocycles. The molecule has 9 aromatic rings. The molecule has 0 aliphatic rings. The second-order valence-electron chi connectivity index (χ2n) is 10.4. The van der Waals surface area contributed by atoms with Crippen LogP contribution in [0.15, 0.2) is 142 Å². The standard InChI is InChI=1S/C37H22N2O2/c1-2-10-23(11-3-1)24-20-21-25-26-13-8-14-28(36(26)41-34(25)22-24)37-38-29-15-5-6-16-30(29)39(37)31-17-9-19-33-35(31)27-12-4-7-18-32(27)40-33/h1-22H. The number of hydrogen-bond acceptors (Lipinski definition) is 3. The van der Waals surface area contributed by atoms with Crippen LogP contribution >= 0.6 is 0 Å². The zero-order valence-electron chi connectivity index (χ0n) is 21.9. The molecule has 41 heavy (non-hydrogen) atoms. The highest BCUT2D eigenvalue weighted by molar-refractivity contribution is 6.12. The zero-order valence-corrected chi connectivity index (χ0v) is 21.9. The van der Waals surface area contributed by atoms with Crippen molar-refractivity contribution in [1.29, 1.82) is 0 Å². The van der Waals surface area contributed by atoms with E-state index in [-0.39, 0.29) is 0 Å². The number of aromatic nitrogens is 2. The lowest BCUT2D eigenvalue weighted by Gasteiger charge is -2.11. The van der Waals surface area contributed by atoms with E-state index in [1.807, 2.05) is 36.4 Å². The number of imidazole rings is 1. The Morgan fingerprint density at radius 3 is 2.24 bits per heavy atom. The third-order valence-corrected chi connectivity index (χ3v) is 8.03. The van der Waals surface area contributed by atoms with Crippen LogP contribution in [0.1, 0.15) is 0 Å². The van der Waals surface area contributed by atoms with Crippen LogP contribution in [0, 0.1) is 0 Å². The van der Waals surface area contributed by atoms with Gasteiger partial charge < -0.3 is 8.83 Å². The first kappa shape index (κ1) is 22.2. The summed E-state index contributed by atoms with van der Waals surface area (Å²) in [5.74, 6) is 0.830. The minimum absolute atomic E-state index is 0.827. The Kier molecular flexibility index (Phi) is 4.58. The first-order valence-electron chi connectivity index (χ1n) is 13.7. The van der Waals surface area contributed by atoms with Crippen LogP contribution in [0.2, 0.25) is 0 Å². The Morgan fingerprint density at radius 2 is 1.29 bits per heavy atom. The van der Waals surface area contributed by atoms with Crippen molar-refractivity contribution in [2.45, 2.75) is 0 Å². The molecule has 0 spiro atoms. The van der Waals surface area contributed by atoms with Gasteiger partial charge in [0.2, 0.25) is 0 Å². The highest BCUT2D eigenvalue weighted by Crippen LogP contribution is 2.41. The SMILES string of the molecule is c1ccc(-c2ccc3c(c2)oc2c(-c4nc5ccccc5n4-c4cccc5oc6ccccc6c45)cccc23)cc1. The molecule has 4 heteroatoms. The Hall–Kier alpha value is -5.61. The second-order valence-corrected chi connectivity index (χ2v) is 10.4. The van der Waals surface area contributed by atoms with Crippen LogP contribution in [-0.2, 0) is 0 Å². The van der Waals surface area contributed by atoms with Crippen molar-refractivity contribution in [1.82, 2.24) is 9.55 Å². The van der Waals surface area contributed by atoms with E-state index < -0.39 is 0 Å². The van der Waals surface area contributed by atoms with Crippen molar-refractivity contribution in [3.05, 3.63) is 133 Å². The molecule has 0 radical (unpaired) electrons. The number of hydrogen-bond donors (Lipinski definition) is 0. The van der Waals surface area contributed by atoms with E-state index in [0.717, 1.165) is 83.1 Å². The summed E-state index contributed by atoms with van der Waals surface area (Å²) in [6.45, 7) is 0. The van der Waals surface area contributed by atoms with Crippen LogP contribution in [-0.4, -0.2) is 9.55 Å². The molecule has 0 aliphatic heterocycles. The predicted octanol–water partition coefficient (Wildman–Crippen LogP) is 10.2. The Morgan fingerprint density at radius 1 is 0.512 bits per heavy atom. The van der Waals surface area contributed by atoms with Gasteiger partial charge in [0.1, 0.15) is 28.2 Å². The lowest BCUT2D eigenvalue weighted by Crippen LogP contribution is -1.98. The van der Waals surface area contributed by atoms with E-state index in [2.05, 4.69) is 102 Å². The van der Waals surface area contributed by atoms with Crippen molar-refractivity contribution in [3.8, 4) is 28.2 Å². The van der Waals surface area contributed by atoms with E-state index in [1.54, 1.807) is 0 Å². The van der Waals surface area contributed by atoms with Crippen molar-refractivity contribution in [3.63, 3.8) is 0 Å². The normalized spacial score (nSPS) is 11.9. The topological polar surface area (TPSA) is 44.1 Å². The van der Waals surface area contributed by atoms with Crippen LogP contribution in [0.5, 0.6) is 0 Å². The number of benzene rings is 6. The molecule has 0 saturated carbocycles. The Labute approximate surface area is 234 Å². The van der Waals surface area contributed by atoms with Gasteiger partial charge in [-0.05, 0) is 59.7 Å². The minimum atomic E-state index is 0.827. The monoisotopic (exact) mass is 526 g/mol. The maximum atomic E-state index is 6.66. The van der Waals surface area contributed by atoms with Crippen molar-refractivity contribution < 1.29 is 8.83 Å². The molecule has 0 aliphatic carbocycles. The van der Waals surface area contributed by atoms with E-state index in [0.29, 0.717) is 0 Å². The highest BCUT2D eigenvalue weighted by Gasteiger charge is 2.22. The molecular weight excluding hydrogens is 504 g/mol. The van der Waals surface area contributed by atoms with Gasteiger partial charge in [0.25, 0.3) is 0 Å². The third kappa shape index (κ3) is 3.25. The summed E-state index contributed by atoms with van der Waals surface area (Å²) in [4.78, 5) is 5.19. The summed E-state index contributed by atoms with van der Waals surface area (Å²) < 4.78 is 15.2. The van der Waals surface area contributed by atoms with Gasteiger partial charge in [0, 0.05) is 16.2 Å². The summed E-state index contributed by atoms with van der Waals surface area (Å²) in [5, 5.41) is 4.31. The van der Waals surface area contributed by atoms with Gasteiger partial charge in [-0.15, -0.1) is 0 Å². The number of rotatable bonds is 3. The minimum Gasteiger partial charge on any atom is -0.456 e. The highest BCUT2D eigenvalue weighted by atomic mass is 16.3. The molecular formula is C37H22N2O2. The lowest BCUT2D eigenvalue weighted by atomic mass is 10.0. The molecule has 0 atom stereocenters. The van der Waals surface area contributed by atoms with Crippen LogP contribution < -0.4 is 0 Å². The third-order valence-electron chi connectivity index (χ3n) is 8.03. The average Bonchev–Trinajstić information content (AvgIpc) is 3.72. The van der Waals surface area contributed by atoms with Crippen LogP contribution in [0.4, 0.5) is 0 Å². The first-order chi connectivity index (χ1) is 20.3. The van der Waals surface area contributed by atoms with Crippen molar-refractivity contribution in [2.75, 3.05) is 0 Å². The molecule has 6 aromatic carbocycles. The molecule has 192 valence electrons. The Balaban J connectivity index is 1.35. The van der Waals surface area contributed by atoms with Gasteiger partial charge in [-0.25, -0.2) is 4.98 Å². The van der Waals surface area contributed by atoms with Crippen LogP contribution in [0.3, 0.4) is 0 Å². The fourth-order valence-corrected chi connectivity index (χ4v) is 6.18. The summed E-state index contributed by atoms with van der Waals surface area (Å²) in [7, 11) is 0. The van der Waals surface area contributed by atoms with Crippen molar-refractivity contribution >= 4 is 54.9 Å². The van der Waals surface area contributed by atoms with Gasteiger partial charge in [0.05, 0.1) is 27.7 Å². The molecule has 3 aromatic heterocycles. The average molecular weight is 527 g/mol. The van der Waals surface area contributed by atoms with Gasteiger partial charge in [-0.2, -0.15) is 0 Å². The molecule has 4 nitrogen and oxygen atoms in total. The summed E-state index contributed by atoms with van der Waals surface area (Å²) in [5.41, 5.74) is 9.62. The summed E-state index contributed by atoms with van der Waals surface area (Å²) in [6.07, 6.45) is 0. The van der Waals surface area contributed by atoms with E-state index >= 15 is 0 Å². The molecule has 3 heterocycles. The first-order valence-corrected chi connectivity index (χ1v) is 13.7. The number of furan rings is 2. The largest absolute Gasteiger partial charge is 0.456 e. The van der Waals surface area contributed by atoms with Gasteiger partial charge in [-0.3, -0.25) is 4.57 Å². The number of nitrogens with zero attached hydrogens (tertiary/aromatic N) is 2. The lowest BCUT2D eigenvalue weighted by molar-refractivity contribution is 0.669. The fraction of sp³-hybridized carbons (Fsp3) is 0. The zero-order chi connectivity index (χ0) is 26.9. The maximum absolute atomic E-state index is 6.66. The Bertz CT molecular complexity index is 2430. The number of fused-ring (bicyclic) bond motifs is 7. The quantitative estimate of drug-likeness (QED) is 0.230. The van der Waals surface area contributed by atoms with E-state index in [1.165, 1.54) is 0 Å². The molecule has 0 unspecified atom stereocenters. The summed E-state index contributed by atoms with van der Waals surface area (Å²) >= 11 is 0. The molecule has 0 bridgehead atoms. The smallest absolute Gasteiger partial charge is 0.149 e. The molecule has 0 amide bonds. The maximum Gasteiger partial charge on any atom is 0.149 e. The van der Waals surface area contributed by atoms with Crippen molar-refractivity contribution in [2.24, 2.45) is 0 Å². The van der Waals surface area contributed by atoms with E-state index in [4.69, 9.17) is 13.8 Å². The van der Waals surface area contributed by atoms with E-state index in [9.17, 15) is 0 Å².